The number of allylic oxidation sites excluding steroid dienone is 1. The van der Waals surface area contributed by atoms with Crippen LogP contribution >= 0.6 is 27.3 Å². The van der Waals surface area contributed by atoms with Crippen LogP contribution in [-0.4, -0.2) is 45.5 Å². The molecule has 194 valence electrons. The Hall–Kier alpha value is -3.37. The number of methoxy groups -OCH3 is 2. The normalized spacial score (nSPS) is 15.2. The summed E-state index contributed by atoms with van der Waals surface area (Å²) in [6.45, 7) is 3.71. The molecule has 1 atom stereocenters. The molecule has 0 bridgehead atoms. The summed E-state index contributed by atoms with van der Waals surface area (Å²) in [5.41, 5.74) is 3.15. The number of benzene rings is 2. The van der Waals surface area contributed by atoms with E-state index in [0.29, 0.717) is 37.7 Å². The number of aromatic nitrogens is 1. The molecular formula is C27H28BrN3O5S. The summed E-state index contributed by atoms with van der Waals surface area (Å²) in [5.74, 6) is 0.524. The van der Waals surface area contributed by atoms with E-state index in [4.69, 9.17) is 14.2 Å². The van der Waals surface area contributed by atoms with Crippen molar-refractivity contribution in [1.82, 2.24) is 4.57 Å². The third-order valence-electron chi connectivity index (χ3n) is 5.99. The Morgan fingerprint density at radius 3 is 2.51 bits per heavy atom. The molecule has 0 radical (unpaired) electrons. The first-order valence-electron chi connectivity index (χ1n) is 11.6. The van der Waals surface area contributed by atoms with Crippen molar-refractivity contribution in [3.05, 3.63) is 83.0 Å². The highest BCUT2D eigenvalue weighted by atomic mass is 79.9. The number of carbonyl (C=O) groups is 1. The smallest absolute Gasteiger partial charge is 0.338 e. The lowest BCUT2D eigenvalue weighted by Crippen LogP contribution is -2.40. The van der Waals surface area contributed by atoms with Crippen LogP contribution in [0, 0.1) is 0 Å². The van der Waals surface area contributed by atoms with Crippen molar-refractivity contribution >= 4 is 45.0 Å². The standard InChI is InChI=1S/C27H28BrN3O5S/c1-7-36-26(33)23-15(2)29-27-31(24(23)17-9-11-20(34-5)21(14-17)35-6)25(32)22(37-27)13-16-8-10-19(30(3)4)18(28)12-16/h8-14,24H,7H2,1-6H3/b22-13+/t24-/m0/s1. The van der Waals surface area contributed by atoms with E-state index < -0.39 is 12.0 Å². The minimum absolute atomic E-state index is 0.205. The second-order valence-corrected chi connectivity index (χ2v) is 10.4. The molecule has 3 aromatic rings. The average Bonchev–Trinajstić information content (AvgIpc) is 3.16. The van der Waals surface area contributed by atoms with Gasteiger partial charge < -0.3 is 19.1 Å². The molecule has 1 aliphatic heterocycles. The van der Waals surface area contributed by atoms with Crippen molar-refractivity contribution in [3.8, 4) is 11.5 Å². The Morgan fingerprint density at radius 1 is 1.16 bits per heavy atom. The third kappa shape index (κ3) is 5.08. The summed E-state index contributed by atoms with van der Waals surface area (Å²) in [6.07, 6.45) is 1.84. The van der Waals surface area contributed by atoms with Crippen molar-refractivity contribution in [1.29, 1.82) is 0 Å². The summed E-state index contributed by atoms with van der Waals surface area (Å²) in [5, 5.41) is 0. The largest absolute Gasteiger partial charge is 0.493 e. The van der Waals surface area contributed by atoms with Crippen molar-refractivity contribution < 1.29 is 19.0 Å². The molecule has 37 heavy (non-hydrogen) atoms. The first-order valence-corrected chi connectivity index (χ1v) is 13.2. The molecule has 10 heteroatoms. The zero-order chi connectivity index (χ0) is 26.9. The van der Waals surface area contributed by atoms with Crippen LogP contribution in [0.2, 0.25) is 0 Å². The van der Waals surface area contributed by atoms with Crippen LogP contribution in [0.3, 0.4) is 0 Å². The van der Waals surface area contributed by atoms with E-state index in [-0.39, 0.29) is 12.2 Å². The zero-order valence-corrected chi connectivity index (χ0v) is 23.9. The fourth-order valence-corrected chi connectivity index (χ4v) is 6.05. The molecular weight excluding hydrogens is 558 g/mol. The number of carbonyl (C=O) groups excluding carboxylic acids is 1. The van der Waals surface area contributed by atoms with E-state index >= 15 is 0 Å². The van der Waals surface area contributed by atoms with E-state index in [0.717, 1.165) is 15.7 Å². The van der Waals surface area contributed by atoms with Crippen molar-refractivity contribution in [2.24, 2.45) is 4.99 Å². The van der Waals surface area contributed by atoms with E-state index in [1.54, 1.807) is 44.8 Å². The van der Waals surface area contributed by atoms with Gasteiger partial charge in [0.15, 0.2) is 16.3 Å². The van der Waals surface area contributed by atoms with Gasteiger partial charge in [0, 0.05) is 18.6 Å². The molecule has 1 aliphatic rings. The number of nitrogens with zero attached hydrogens (tertiary/aromatic N) is 3. The monoisotopic (exact) mass is 585 g/mol. The highest BCUT2D eigenvalue weighted by Crippen LogP contribution is 2.36. The fraction of sp³-hybridized carbons (Fsp3) is 0.296. The molecule has 0 saturated carbocycles. The van der Waals surface area contributed by atoms with E-state index in [9.17, 15) is 9.59 Å². The number of hydrogen-bond donors (Lipinski definition) is 0. The summed E-state index contributed by atoms with van der Waals surface area (Å²) in [6, 6.07) is 10.5. The van der Waals surface area contributed by atoms with Crippen molar-refractivity contribution in [2.75, 3.05) is 39.8 Å². The molecule has 1 aromatic heterocycles. The lowest BCUT2D eigenvalue weighted by atomic mass is 9.95. The molecule has 4 rings (SSSR count). The van der Waals surface area contributed by atoms with Gasteiger partial charge in [-0.1, -0.05) is 23.5 Å². The molecule has 2 aromatic carbocycles. The van der Waals surface area contributed by atoms with Gasteiger partial charge in [-0.05, 0) is 71.2 Å². The topological polar surface area (TPSA) is 82.4 Å². The molecule has 8 nitrogen and oxygen atoms in total. The second-order valence-electron chi connectivity index (χ2n) is 8.52. The van der Waals surface area contributed by atoms with Crippen LogP contribution < -0.4 is 29.3 Å². The SMILES string of the molecule is CCOC(=O)C1=C(C)N=c2s/c(=C/c3ccc(N(C)C)c(Br)c3)c(=O)n2[C@H]1c1ccc(OC)c(OC)c1. The van der Waals surface area contributed by atoms with E-state index in [1.807, 2.05) is 49.3 Å². The Kier molecular flexibility index (Phi) is 7.89. The maximum atomic E-state index is 13.8. The summed E-state index contributed by atoms with van der Waals surface area (Å²) < 4.78 is 19.2. The van der Waals surface area contributed by atoms with Gasteiger partial charge in [0.1, 0.15) is 0 Å². The van der Waals surface area contributed by atoms with Crippen LogP contribution in [0.1, 0.15) is 31.0 Å². The summed E-state index contributed by atoms with van der Waals surface area (Å²) >= 11 is 4.89. The average molecular weight is 587 g/mol. The molecule has 0 saturated heterocycles. The van der Waals surface area contributed by atoms with Gasteiger partial charge in [0.2, 0.25) is 0 Å². The van der Waals surface area contributed by atoms with Gasteiger partial charge in [-0.2, -0.15) is 0 Å². The molecule has 0 N–H and O–H groups in total. The van der Waals surface area contributed by atoms with Crippen LogP contribution in [-0.2, 0) is 9.53 Å². The first kappa shape index (κ1) is 26.7. The number of esters is 1. The maximum Gasteiger partial charge on any atom is 0.338 e. The predicted octanol–water partition coefficient (Wildman–Crippen LogP) is 3.64. The highest BCUT2D eigenvalue weighted by molar-refractivity contribution is 9.10. The number of rotatable bonds is 7. The quantitative estimate of drug-likeness (QED) is 0.394. The molecule has 0 fully saturated rings. The second kappa shape index (κ2) is 10.9. The fourth-order valence-electron chi connectivity index (χ4n) is 4.26. The Balaban J connectivity index is 1.94. The minimum Gasteiger partial charge on any atom is -0.493 e. The van der Waals surface area contributed by atoms with Crippen molar-refractivity contribution in [3.63, 3.8) is 0 Å². The van der Waals surface area contributed by atoms with Gasteiger partial charge in [0.25, 0.3) is 5.56 Å². The van der Waals surface area contributed by atoms with E-state index in [2.05, 4.69) is 20.9 Å². The highest BCUT2D eigenvalue weighted by Gasteiger charge is 2.33. The molecule has 0 aliphatic carbocycles. The molecule has 0 amide bonds. The number of halogens is 1. The summed E-state index contributed by atoms with van der Waals surface area (Å²) in [7, 11) is 7.03. The molecule has 2 heterocycles. The van der Waals surface area contributed by atoms with Crippen LogP contribution in [0.25, 0.3) is 6.08 Å². The van der Waals surface area contributed by atoms with Gasteiger partial charge >= 0.3 is 5.97 Å². The number of hydrogen-bond acceptors (Lipinski definition) is 8. The number of thiazole rings is 1. The van der Waals surface area contributed by atoms with Crippen LogP contribution in [0.4, 0.5) is 5.69 Å². The van der Waals surface area contributed by atoms with Gasteiger partial charge in [0.05, 0.1) is 48.4 Å². The maximum absolute atomic E-state index is 13.8. The zero-order valence-electron chi connectivity index (χ0n) is 21.5. The lowest BCUT2D eigenvalue weighted by molar-refractivity contribution is -0.139. The Morgan fingerprint density at radius 2 is 1.89 bits per heavy atom. The number of fused-ring (bicyclic) bond motifs is 1. The van der Waals surface area contributed by atoms with Crippen molar-refractivity contribution in [2.45, 2.75) is 19.9 Å². The van der Waals surface area contributed by atoms with Gasteiger partial charge in [-0.3, -0.25) is 9.36 Å². The lowest BCUT2D eigenvalue weighted by Gasteiger charge is -2.25. The third-order valence-corrected chi connectivity index (χ3v) is 7.61. The first-order chi connectivity index (χ1) is 17.7. The molecule has 0 spiro atoms. The summed E-state index contributed by atoms with van der Waals surface area (Å²) in [4.78, 5) is 34.0. The van der Waals surface area contributed by atoms with Crippen LogP contribution in [0.15, 0.2) is 61.9 Å². The Labute approximate surface area is 227 Å². The van der Waals surface area contributed by atoms with Gasteiger partial charge in [-0.25, -0.2) is 9.79 Å². The van der Waals surface area contributed by atoms with Gasteiger partial charge in [-0.15, -0.1) is 0 Å². The number of ether oxygens (including phenoxy) is 3. The number of anilines is 1. The van der Waals surface area contributed by atoms with E-state index in [1.165, 1.54) is 11.3 Å². The molecule has 0 unspecified atom stereocenters. The predicted molar refractivity (Wildman–Crippen MR) is 148 cm³/mol. The minimum atomic E-state index is -0.736. The van der Waals surface area contributed by atoms with Crippen LogP contribution in [0.5, 0.6) is 11.5 Å². The Bertz CT molecular complexity index is 1570.